The van der Waals surface area contributed by atoms with E-state index in [9.17, 15) is 10.1 Å². The van der Waals surface area contributed by atoms with E-state index < -0.39 is 4.92 Å². The van der Waals surface area contributed by atoms with Crippen molar-refractivity contribution in [3.63, 3.8) is 0 Å². The highest BCUT2D eigenvalue weighted by Crippen LogP contribution is 2.27. The number of thiophene rings is 1. The molecule has 0 amide bonds. The molecule has 0 saturated heterocycles. The van der Waals surface area contributed by atoms with Gasteiger partial charge >= 0.3 is 0 Å². The van der Waals surface area contributed by atoms with E-state index in [1.165, 1.54) is 17.0 Å². The van der Waals surface area contributed by atoms with Crippen molar-refractivity contribution in [2.45, 2.75) is 6.42 Å². The van der Waals surface area contributed by atoms with Gasteiger partial charge in [0.15, 0.2) is 0 Å². The molecule has 0 fully saturated rings. The number of halogens is 1. The van der Waals surface area contributed by atoms with Crippen LogP contribution in [0.5, 0.6) is 0 Å². The molecule has 0 atom stereocenters. The molecule has 0 aliphatic heterocycles. The van der Waals surface area contributed by atoms with Gasteiger partial charge in [-0.1, -0.05) is 17.7 Å². The zero-order valence-electron chi connectivity index (χ0n) is 9.43. The SMILES string of the molecule is O=[N+]([O-])c1ccc(Cl)cc1NCCc1cccs1. The van der Waals surface area contributed by atoms with Crippen molar-refractivity contribution in [3.05, 3.63) is 55.7 Å². The lowest BCUT2D eigenvalue weighted by Gasteiger charge is -2.06. The maximum atomic E-state index is 10.8. The van der Waals surface area contributed by atoms with Crippen LogP contribution in [0.3, 0.4) is 0 Å². The predicted molar refractivity (Wildman–Crippen MR) is 74.6 cm³/mol. The second-order valence-electron chi connectivity index (χ2n) is 3.67. The molecule has 0 bridgehead atoms. The molecule has 94 valence electrons. The van der Waals surface area contributed by atoms with Crippen molar-refractivity contribution in [1.82, 2.24) is 0 Å². The summed E-state index contributed by atoms with van der Waals surface area (Å²) in [6.45, 7) is 0.641. The molecular weight excluding hydrogens is 272 g/mol. The summed E-state index contributed by atoms with van der Waals surface area (Å²) >= 11 is 7.51. The van der Waals surface area contributed by atoms with Gasteiger partial charge in [0.05, 0.1) is 4.92 Å². The van der Waals surface area contributed by atoms with E-state index in [1.807, 2.05) is 17.5 Å². The lowest BCUT2D eigenvalue weighted by molar-refractivity contribution is -0.384. The number of nitrogens with one attached hydrogen (secondary N) is 1. The summed E-state index contributed by atoms with van der Waals surface area (Å²) in [6.07, 6.45) is 0.835. The van der Waals surface area contributed by atoms with Crippen molar-refractivity contribution >= 4 is 34.3 Å². The van der Waals surface area contributed by atoms with Crippen LogP contribution >= 0.6 is 22.9 Å². The maximum absolute atomic E-state index is 10.8. The lowest BCUT2D eigenvalue weighted by Crippen LogP contribution is -2.06. The molecular formula is C12H11ClN2O2S. The molecule has 1 N–H and O–H groups in total. The first-order valence-corrected chi connectivity index (χ1v) is 6.63. The summed E-state index contributed by atoms with van der Waals surface area (Å²) in [7, 11) is 0. The van der Waals surface area contributed by atoms with Crippen molar-refractivity contribution < 1.29 is 4.92 Å². The number of nitro benzene ring substituents is 1. The van der Waals surface area contributed by atoms with Crippen molar-refractivity contribution in [2.24, 2.45) is 0 Å². The minimum absolute atomic E-state index is 0.0468. The Kier molecular flexibility index (Phi) is 4.17. The Bertz CT molecular complexity index is 543. The number of benzene rings is 1. The van der Waals surface area contributed by atoms with Gasteiger partial charge in [-0.25, -0.2) is 0 Å². The molecule has 0 radical (unpaired) electrons. The predicted octanol–water partition coefficient (Wildman–Crippen LogP) is 3.96. The van der Waals surface area contributed by atoms with Crippen LogP contribution in [0, 0.1) is 10.1 Å². The molecule has 1 aromatic carbocycles. The minimum atomic E-state index is -0.413. The van der Waals surface area contributed by atoms with Gasteiger partial charge in [0.25, 0.3) is 5.69 Å². The normalized spacial score (nSPS) is 10.3. The fraction of sp³-hybridized carbons (Fsp3) is 0.167. The monoisotopic (exact) mass is 282 g/mol. The highest BCUT2D eigenvalue weighted by molar-refractivity contribution is 7.09. The van der Waals surface area contributed by atoms with Gasteiger partial charge in [-0.3, -0.25) is 10.1 Å². The Morgan fingerprint density at radius 1 is 1.39 bits per heavy atom. The van der Waals surface area contributed by atoms with Crippen LogP contribution in [0.2, 0.25) is 5.02 Å². The Hall–Kier alpha value is -1.59. The molecule has 1 heterocycles. The Balaban J connectivity index is 2.03. The molecule has 2 aromatic rings. The lowest BCUT2D eigenvalue weighted by atomic mass is 10.2. The summed E-state index contributed by atoms with van der Waals surface area (Å²) in [5.41, 5.74) is 0.509. The number of anilines is 1. The van der Waals surface area contributed by atoms with E-state index in [1.54, 1.807) is 17.4 Å². The second kappa shape index (κ2) is 5.84. The van der Waals surface area contributed by atoms with Gasteiger partial charge in [0.2, 0.25) is 0 Å². The van der Waals surface area contributed by atoms with Gasteiger partial charge in [-0.15, -0.1) is 11.3 Å². The van der Waals surface area contributed by atoms with Crippen LogP contribution in [-0.2, 0) is 6.42 Å². The van der Waals surface area contributed by atoms with Crippen LogP contribution < -0.4 is 5.32 Å². The third-order valence-corrected chi connectivity index (χ3v) is 3.59. The highest BCUT2D eigenvalue weighted by atomic mass is 35.5. The van der Waals surface area contributed by atoms with Gasteiger partial charge in [-0.2, -0.15) is 0 Å². The zero-order valence-corrected chi connectivity index (χ0v) is 11.0. The fourth-order valence-corrected chi connectivity index (χ4v) is 2.47. The molecule has 18 heavy (non-hydrogen) atoms. The molecule has 0 aliphatic carbocycles. The smallest absolute Gasteiger partial charge is 0.292 e. The van der Waals surface area contributed by atoms with Crippen LogP contribution in [0.15, 0.2) is 35.7 Å². The molecule has 4 nitrogen and oxygen atoms in total. The topological polar surface area (TPSA) is 55.2 Å². The summed E-state index contributed by atoms with van der Waals surface area (Å²) in [6, 6.07) is 8.54. The van der Waals surface area contributed by atoms with Crippen LogP contribution in [0.25, 0.3) is 0 Å². The quantitative estimate of drug-likeness (QED) is 0.667. The van der Waals surface area contributed by atoms with Crippen molar-refractivity contribution in [3.8, 4) is 0 Å². The highest BCUT2D eigenvalue weighted by Gasteiger charge is 2.13. The zero-order chi connectivity index (χ0) is 13.0. The summed E-state index contributed by atoms with van der Waals surface area (Å²) in [5.74, 6) is 0. The van der Waals surface area contributed by atoms with E-state index in [4.69, 9.17) is 11.6 Å². The van der Waals surface area contributed by atoms with Crippen molar-refractivity contribution in [2.75, 3.05) is 11.9 Å². The van der Waals surface area contributed by atoms with E-state index in [0.29, 0.717) is 17.3 Å². The van der Waals surface area contributed by atoms with Crippen LogP contribution in [0.1, 0.15) is 4.88 Å². The molecule has 0 spiro atoms. The average Bonchev–Trinajstić information content (AvgIpc) is 2.82. The van der Waals surface area contributed by atoms with Crippen LogP contribution in [0.4, 0.5) is 11.4 Å². The second-order valence-corrected chi connectivity index (χ2v) is 5.14. The summed E-state index contributed by atoms with van der Waals surface area (Å²) in [4.78, 5) is 11.7. The molecule has 0 aliphatic rings. The van der Waals surface area contributed by atoms with E-state index in [-0.39, 0.29) is 5.69 Å². The first kappa shape index (κ1) is 12.9. The third kappa shape index (κ3) is 3.21. The molecule has 6 heteroatoms. The Morgan fingerprint density at radius 2 is 2.22 bits per heavy atom. The standard InChI is InChI=1S/C12H11ClN2O2S/c13-9-3-4-12(15(16)17)11(8-9)14-6-5-10-2-1-7-18-10/h1-4,7-8,14H,5-6H2. The van der Waals surface area contributed by atoms with E-state index in [0.717, 1.165) is 6.42 Å². The Labute approximate surface area is 113 Å². The largest absolute Gasteiger partial charge is 0.379 e. The number of nitro groups is 1. The van der Waals surface area contributed by atoms with Gasteiger partial charge in [0, 0.05) is 22.5 Å². The van der Waals surface area contributed by atoms with E-state index in [2.05, 4.69) is 5.32 Å². The van der Waals surface area contributed by atoms with Gasteiger partial charge in [0.1, 0.15) is 5.69 Å². The fourth-order valence-electron chi connectivity index (χ4n) is 1.58. The molecule has 0 unspecified atom stereocenters. The van der Waals surface area contributed by atoms with Crippen molar-refractivity contribution in [1.29, 1.82) is 0 Å². The number of rotatable bonds is 5. The summed E-state index contributed by atoms with van der Waals surface area (Å²) in [5, 5.41) is 16.4. The first-order valence-electron chi connectivity index (χ1n) is 5.37. The molecule has 2 rings (SSSR count). The molecule has 1 aromatic heterocycles. The van der Waals surface area contributed by atoms with Gasteiger partial charge in [-0.05, 0) is 30.0 Å². The average molecular weight is 283 g/mol. The Morgan fingerprint density at radius 3 is 2.89 bits per heavy atom. The van der Waals surface area contributed by atoms with Gasteiger partial charge < -0.3 is 5.32 Å². The van der Waals surface area contributed by atoms with Crippen LogP contribution in [-0.4, -0.2) is 11.5 Å². The molecule has 0 saturated carbocycles. The number of nitrogens with zero attached hydrogens (tertiary/aromatic N) is 1. The number of hydrogen-bond donors (Lipinski definition) is 1. The number of hydrogen-bond acceptors (Lipinski definition) is 4. The minimum Gasteiger partial charge on any atom is -0.379 e. The summed E-state index contributed by atoms with van der Waals surface area (Å²) < 4.78 is 0. The maximum Gasteiger partial charge on any atom is 0.292 e. The van der Waals surface area contributed by atoms with E-state index >= 15 is 0 Å². The third-order valence-electron chi connectivity index (χ3n) is 2.42. The first-order chi connectivity index (χ1) is 8.66.